The lowest BCUT2D eigenvalue weighted by molar-refractivity contribution is 0.00391. The Kier molecular flexibility index (Phi) is 4.62. The summed E-state index contributed by atoms with van der Waals surface area (Å²) in [5, 5.41) is 3.59. The van der Waals surface area contributed by atoms with E-state index < -0.39 is 0 Å². The van der Waals surface area contributed by atoms with E-state index in [4.69, 9.17) is 4.74 Å². The SMILES string of the molecule is CCNC1CCN(C2CCOCC2)C(C)C1. The van der Waals surface area contributed by atoms with E-state index in [9.17, 15) is 0 Å². The summed E-state index contributed by atoms with van der Waals surface area (Å²) in [6.45, 7) is 8.89. The lowest BCUT2D eigenvalue weighted by atomic mass is 9.94. The van der Waals surface area contributed by atoms with Gasteiger partial charge in [-0.2, -0.15) is 0 Å². The summed E-state index contributed by atoms with van der Waals surface area (Å²) in [6.07, 6.45) is 5.09. The molecule has 2 unspecified atom stereocenters. The molecule has 2 aliphatic heterocycles. The summed E-state index contributed by atoms with van der Waals surface area (Å²) >= 11 is 0. The van der Waals surface area contributed by atoms with Gasteiger partial charge in [-0.15, -0.1) is 0 Å². The Labute approximate surface area is 99.5 Å². The maximum Gasteiger partial charge on any atom is 0.0480 e. The van der Waals surface area contributed by atoms with Gasteiger partial charge in [0.25, 0.3) is 0 Å². The van der Waals surface area contributed by atoms with Crippen molar-refractivity contribution in [1.29, 1.82) is 0 Å². The van der Waals surface area contributed by atoms with Gasteiger partial charge in [0.05, 0.1) is 0 Å². The molecule has 3 heteroatoms. The van der Waals surface area contributed by atoms with Crippen molar-refractivity contribution in [3.8, 4) is 0 Å². The van der Waals surface area contributed by atoms with Crippen LogP contribution in [0.5, 0.6) is 0 Å². The first-order chi connectivity index (χ1) is 7.81. The smallest absolute Gasteiger partial charge is 0.0480 e. The Morgan fingerprint density at radius 3 is 2.62 bits per heavy atom. The highest BCUT2D eigenvalue weighted by Gasteiger charge is 2.30. The maximum absolute atomic E-state index is 5.45. The quantitative estimate of drug-likeness (QED) is 0.791. The average Bonchev–Trinajstić information content (AvgIpc) is 2.31. The molecular formula is C13H26N2O. The minimum atomic E-state index is 0.737. The first kappa shape index (κ1) is 12.3. The summed E-state index contributed by atoms with van der Waals surface area (Å²) in [6, 6.07) is 2.27. The van der Waals surface area contributed by atoms with Crippen molar-refractivity contribution in [2.45, 2.75) is 57.7 Å². The molecule has 16 heavy (non-hydrogen) atoms. The van der Waals surface area contributed by atoms with E-state index in [1.165, 1.54) is 32.2 Å². The van der Waals surface area contributed by atoms with Crippen molar-refractivity contribution < 1.29 is 4.74 Å². The van der Waals surface area contributed by atoms with Crippen LogP contribution in [-0.4, -0.2) is 49.3 Å². The third-order valence-electron chi connectivity index (χ3n) is 4.08. The van der Waals surface area contributed by atoms with Gasteiger partial charge in [-0.25, -0.2) is 0 Å². The van der Waals surface area contributed by atoms with Crippen molar-refractivity contribution in [3.05, 3.63) is 0 Å². The number of hydrogen-bond acceptors (Lipinski definition) is 3. The van der Waals surface area contributed by atoms with Gasteiger partial charge >= 0.3 is 0 Å². The van der Waals surface area contributed by atoms with Gasteiger partial charge in [-0.3, -0.25) is 4.90 Å². The zero-order valence-corrected chi connectivity index (χ0v) is 10.7. The molecule has 1 N–H and O–H groups in total. The number of nitrogens with zero attached hydrogens (tertiary/aromatic N) is 1. The molecule has 94 valence electrons. The van der Waals surface area contributed by atoms with Gasteiger partial charge < -0.3 is 10.1 Å². The van der Waals surface area contributed by atoms with Gasteiger partial charge in [-0.1, -0.05) is 6.92 Å². The number of likely N-dealkylation sites (tertiary alicyclic amines) is 1. The van der Waals surface area contributed by atoms with Crippen molar-refractivity contribution in [3.63, 3.8) is 0 Å². The molecule has 2 aliphatic rings. The third kappa shape index (κ3) is 2.96. The average molecular weight is 226 g/mol. The highest BCUT2D eigenvalue weighted by molar-refractivity contribution is 4.87. The summed E-state index contributed by atoms with van der Waals surface area (Å²) < 4.78 is 5.45. The Morgan fingerprint density at radius 1 is 1.25 bits per heavy atom. The second kappa shape index (κ2) is 5.99. The molecule has 2 atom stereocenters. The van der Waals surface area contributed by atoms with E-state index in [2.05, 4.69) is 24.1 Å². The normalized spacial score (nSPS) is 34.1. The van der Waals surface area contributed by atoms with E-state index in [1.54, 1.807) is 0 Å². The maximum atomic E-state index is 5.45. The summed E-state index contributed by atoms with van der Waals surface area (Å²) in [4.78, 5) is 2.72. The second-order valence-electron chi connectivity index (χ2n) is 5.21. The van der Waals surface area contributed by atoms with Crippen molar-refractivity contribution in [2.24, 2.45) is 0 Å². The first-order valence-electron chi connectivity index (χ1n) is 6.88. The van der Waals surface area contributed by atoms with Gasteiger partial charge in [0, 0.05) is 37.9 Å². The molecule has 0 aromatic rings. The monoisotopic (exact) mass is 226 g/mol. The molecule has 0 saturated carbocycles. The Hall–Kier alpha value is -0.120. The summed E-state index contributed by atoms with van der Waals surface area (Å²) in [7, 11) is 0. The van der Waals surface area contributed by atoms with Crippen LogP contribution in [0.25, 0.3) is 0 Å². The topological polar surface area (TPSA) is 24.5 Å². The molecule has 0 radical (unpaired) electrons. The molecule has 0 aromatic heterocycles. The molecule has 3 nitrogen and oxygen atoms in total. The number of piperidine rings is 1. The Morgan fingerprint density at radius 2 is 2.00 bits per heavy atom. The molecule has 0 amide bonds. The predicted molar refractivity (Wildman–Crippen MR) is 66.7 cm³/mol. The molecule has 2 saturated heterocycles. The standard InChI is InChI=1S/C13H26N2O/c1-3-14-12-4-7-15(11(2)10-12)13-5-8-16-9-6-13/h11-14H,3-10H2,1-2H3. The second-order valence-corrected chi connectivity index (χ2v) is 5.21. The van der Waals surface area contributed by atoms with E-state index in [0.717, 1.165) is 37.9 Å². The van der Waals surface area contributed by atoms with Gasteiger partial charge in [0.2, 0.25) is 0 Å². The molecule has 0 bridgehead atoms. The number of nitrogens with one attached hydrogen (secondary N) is 1. The number of ether oxygens (including phenoxy) is 1. The van der Waals surface area contributed by atoms with Crippen LogP contribution in [0.2, 0.25) is 0 Å². The van der Waals surface area contributed by atoms with Crippen LogP contribution in [-0.2, 0) is 4.74 Å². The van der Waals surface area contributed by atoms with E-state index in [1.807, 2.05) is 0 Å². The predicted octanol–water partition coefficient (Wildman–Crippen LogP) is 1.63. The summed E-state index contributed by atoms with van der Waals surface area (Å²) in [5.41, 5.74) is 0. The van der Waals surface area contributed by atoms with Crippen LogP contribution in [0.4, 0.5) is 0 Å². The molecule has 2 fully saturated rings. The van der Waals surface area contributed by atoms with E-state index >= 15 is 0 Å². The lowest BCUT2D eigenvalue weighted by Gasteiger charge is -2.44. The number of hydrogen-bond donors (Lipinski definition) is 1. The molecule has 0 aliphatic carbocycles. The fraction of sp³-hybridized carbons (Fsp3) is 1.00. The van der Waals surface area contributed by atoms with Gasteiger partial charge in [0.15, 0.2) is 0 Å². The molecule has 2 heterocycles. The molecule has 2 rings (SSSR count). The Bertz CT molecular complexity index is 204. The van der Waals surface area contributed by atoms with Crippen LogP contribution in [0, 0.1) is 0 Å². The highest BCUT2D eigenvalue weighted by Crippen LogP contribution is 2.24. The van der Waals surface area contributed by atoms with Crippen LogP contribution in [0.15, 0.2) is 0 Å². The van der Waals surface area contributed by atoms with Crippen LogP contribution in [0.3, 0.4) is 0 Å². The number of rotatable bonds is 3. The molecule has 0 spiro atoms. The third-order valence-corrected chi connectivity index (χ3v) is 4.08. The summed E-state index contributed by atoms with van der Waals surface area (Å²) in [5.74, 6) is 0. The molecule has 0 aromatic carbocycles. The fourth-order valence-electron chi connectivity index (χ4n) is 3.22. The minimum absolute atomic E-state index is 0.737. The van der Waals surface area contributed by atoms with Crippen LogP contribution >= 0.6 is 0 Å². The lowest BCUT2D eigenvalue weighted by Crippen LogP contribution is -2.52. The minimum Gasteiger partial charge on any atom is -0.381 e. The highest BCUT2D eigenvalue weighted by atomic mass is 16.5. The van der Waals surface area contributed by atoms with Crippen molar-refractivity contribution in [1.82, 2.24) is 10.2 Å². The van der Waals surface area contributed by atoms with Gasteiger partial charge in [-0.05, 0) is 39.2 Å². The van der Waals surface area contributed by atoms with E-state index in [-0.39, 0.29) is 0 Å². The van der Waals surface area contributed by atoms with Gasteiger partial charge in [0.1, 0.15) is 0 Å². The fourth-order valence-corrected chi connectivity index (χ4v) is 3.22. The van der Waals surface area contributed by atoms with Crippen molar-refractivity contribution >= 4 is 0 Å². The molecular weight excluding hydrogens is 200 g/mol. The first-order valence-corrected chi connectivity index (χ1v) is 6.88. The van der Waals surface area contributed by atoms with E-state index in [0.29, 0.717) is 0 Å². The largest absolute Gasteiger partial charge is 0.381 e. The zero-order valence-electron chi connectivity index (χ0n) is 10.7. The zero-order chi connectivity index (χ0) is 11.4. The van der Waals surface area contributed by atoms with Crippen LogP contribution < -0.4 is 5.32 Å². The van der Waals surface area contributed by atoms with Crippen LogP contribution in [0.1, 0.15) is 39.5 Å². The Balaban J connectivity index is 1.83. The van der Waals surface area contributed by atoms with Crippen molar-refractivity contribution in [2.75, 3.05) is 26.3 Å².